The normalized spacial score (nSPS) is 14.9. The van der Waals surface area contributed by atoms with Gasteiger partial charge in [-0.15, -0.1) is 0 Å². The molecule has 14 heteroatoms. The molecule has 1 aliphatic heterocycles. The van der Waals surface area contributed by atoms with Gasteiger partial charge < -0.3 is 29.2 Å². The van der Waals surface area contributed by atoms with Gasteiger partial charge in [-0.3, -0.25) is 14.4 Å². The topological polar surface area (TPSA) is 137 Å². The molecule has 0 saturated carbocycles. The Kier molecular flexibility index (Phi) is 10.4. The molecule has 1 atom stereocenters. The number of unbranched alkanes of at least 4 members (excludes halogenated alkanes) is 1. The summed E-state index contributed by atoms with van der Waals surface area (Å²) in [5, 5.41) is 12.5. The fourth-order valence-electron chi connectivity index (χ4n) is 3.18. The Morgan fingerprint density at radius 3 is 2.46 bits per heavy atom. The highest BCUT2D eigenvalue weighted by Gasteiger charge is 2.38. The zero-order valence-corrected chi connectivity index (χ0v) is 18.9. The largest absolute Gasteiger partial charge is 0.547 e. The highest BCUT2D eigenvalue weighted by Crippen LogP contribution is 2.31. The summed E-state index contributed by atoms with van der Waals surface area (Å²) in [6.45, 7) is -0.668. The van der Waals surface area contributed by atoms with Gasteiger partial charge in [-0.2, -0.15) is 13.2 Å². The zero-order valence-electron chi connectivity index (χ0n) is 18.9. The predicted molar refractivity (Wildman–Crippen MR) is 113 cm³/mol. The average molecular weight is 503 g/mol. The third kappa shape index (κ3) is 9.47. The monoisotopic (exact) mass is 503 g/mol. The fourth-order valence-corrected chi connectivity index (χ4v) is 3.18. The SMILES string of the molecule is COC(=O)CCCCC(=O)OCOC(=O)c1cccc2c1OB(O)[C@@H](NC(=O)CCC(F)(F)F)C2. The Morgan fingerprint density at radius 2 is 1.80 bits per heavy atom. The van der Waals surface area contributed by atoms with E-state index in [1.165, 1.54) is 19.2 Å². The molecule has 1 heterocycles. The summed E-state index contributed by atoms with van der Waals surface area (Å²) in [7, 11) is -0.353. The van der Waals surface area contributed by atoms with E-state index in [2.05, 4.69) is 10.1 Å². The number of rotatable bonds is 11. The molecule has 0 bridgehead atoms. The number of alkyl halides is 3. The second kappa shape index (κ2) is 13.0. The zero-order chi connectivity index (χ0) is 26.0. The number of halogens is 3. The molecule has 0 radical (unpaired) electrons. The quantitative estimate of drug-likeness (QED) is 0.201. The van der Waals surface area contributed by atoms with Crippen LogP contribution in [-0.2, 0) is 35.0 Å². The maximum atomic E-state index is 12.4. The predicted octanol–water partition coefficient (Wildman–Crippen LogP) is 1.86. The van der Waals surface area contributed by atoms with Crippen molar-refractivity contribution in [3.05, 3.63) is 29.3 Å². The molecule has 1 amide bonds. The van der Waals surface area contributed by atoms with E-state index in [-0.39, 0.29) is 36.5 Å². The van der Waals surface area contributed by atoms with Gasteiger partial charge in [0.15, 0.2) is 0 Å². The summed E-state index contributed by atoms with van der Waals surface area (Å²) in [4.78, 5) is 46.9. The van der Waals surface area contributed by atoms with Crippen molar-refractivity contribution >= 4 is 30.9 Å². The van der Waals surface area contributed by atoms with Crippen LogP contribution in [0.5, 0.6) is 5.75 Å². The van der Waals surface area contributed by atoms with E-state index in [9.17, 15) is 37.4 Å². The van der Waals surface area contributed by atoms with Gasteiger partial charge in [0.05, 0.1) is 19.5 Å². The van der Waals surface area contributed by atoms with Crippen molar-refractivity contribution in [3.63, 3.8) is 0 Å². The summed E-state index contributed by atoms with van der Waals surface area (Å²) in [6, 6.07) is 4.40. The van der Waals surface area contributed by atoms with Gasteiger partial charge in [0.25, 0.3) is 0 Å². The lowest BCUT2D eigenvalue weighted by Gasteiger charge is -2.29. The van der Waals surface area contributed by atoms with E-state index < -0.39 is 56.7 Å². The first-order valence-electron chi connectivity index (χ1n) is 10.7. The number of nitrogens with one attached hydrogen (secondary N) is 1. The second-order valence-corrected chi connectivity index (χ2v) is 7.64. The first-order chi connectivity index (χ1) is 16.5. The minimum Gasteiger partial charge on any atom is -0.534 e. The number of ether oxygens (including phenoxy) is 3. The molecule has 2 N–H and O–H groups in total. The van der Waals surface area contributed by atoms with Gasteiger partial charge in [0, 0.05) is 19.3 Å². The number of fused-ring (bicyclic) bond motifs is 1. The smallest absolute Gasteiger partial charge is 0.534 e. The van der Waals surface area contributed by atoms with Crippen LogP contribution >= 0.6 is 0 Å². The molecule has 0 saturated heterocycles. The molecular formula is C21H25BF3NO9. The molecule has 10 nitrogen and oxygen atoms in total. The van der Waals surface area contributed by atoms with Crippen LogP contribution in [0.4, 0.5) is 13.2 Å². The van der Waals surface area contributed by atoms with Crippen molar-refractivity contribution in [2.24, 2.45) is 0 Å². The highest BCUT2D eigenvalue weighted by atomic mass is 19.4. The lowest BCUT2D eigenvalue weighted by atomic mass is 9.72. The van der Waals surface area contributed by atoms with Gasteiger partial charge in [-0.25, -0.2) is 4.79 Å². The van der Waals surface area contributed by atoms with Crippen LogP contribution in [0, 0.1) is 0 Å². The first kappa shape index (κ1) is 28.0. The summed E-state index contributed by atoms with van der Waals surface area (Å²) >= 11 is 0. The molecule has 0 aromatic heterocycles. The number of benzene rings is 1. The van der Waals surface area contributed by atoms with Gasteiger partial charge in [-0.05, 0) is 30.9 Å². The molecule has 1 aromatic rings. The Labute approximate surface area is 199 Å². The Morgan fingerprint density at radius 1 is 1.11 bits per heavy atom. The van der Waals surface area contributed by atoms with E-state index >= 15 is 0 Å². The summed E-state index contributed by atoms with van der Waals surface area (Å²) in [5.41, 5.74) is 0.339. The maximum Gasteiger partial charge on any atom is 0.547 e. The van der Waals surface area contributed by atoms with Gasteiger partial charge >= 0.3 is 31.2 Å². The molecule has 35 heavy (non-hydrogen) atoms. The summed E-state index contributed by atoms with van der Waals surface area (Å²) in [6.07, 6.45) is -5.59. The van der Waals surface area contributed by atoms with E-state index in [0.29, 0.717) is 18.4 Å². The maximum absolute atomic E-state index is 12.4. The van der Waals surface area contributed by atoms with Gasteiger partial charge in [-0.1, -0.05) is 12.1 Å². The first-order valence-corrected chi connectivity index (χ1v) is 10.7. The van der Waals surface area contributed by atoms with Crippen LogP contribution in [0.2, 0.25) is 0 Å². The van der Waals surface area contributed by atoms with Crippen LogP contribution < -0.4 is 9.97 Å². The number of carbonyl (C=O) groups is 4. The number of para-hydroxylation sites is 1. The number of amides is 1. The van der Waals surface area contributed by atoms with Crippen LogP contribution in [0.25, 0.3) is 0 Å². The fraction of sp³-hybridized carbons (Fsp3) is 0.524. The third-order valence-corrected chi connectivity index (χ3v) is 4.97. The number of hydrogen-bond acceptors (Lipinski definition) is 9. The molecule has 0 aliphatic carbocycles. The van der Waals surface area contributed by atoms with Crippen LogP contribution in [-0.4, -0.2) is 62.0 Å². The molecule has 1 aromatic carbocycles. The van der Waals surface area contributed by atoms with Crippen molar-refractivity contribution in [3.8, 4) is 5.75 Å². The van der Waals surface area contributed by atoms with E-state index in [4.69, 9.17) is 14.1 Å². The number of hydrogen-bond donors (Lipinski definition) is 2. The average Bonchev–Trinajstić information content (AvgIpc) is 2.80. The Hall–Kier alpha value is -3.29. The Balaban J connectivity index is 1.85. The number of esters is 3. The molecule has 192 valence electrons. The van der Waals surface area contributed by atoms with Crippen molar-refractivity contribution in [2.45, 2.75) is 57.1 Å². The second-order valence-electron chi connectivity index (χ2n) is 7.64. The lowest BCUT2D eigenvalue weighted by Crippen LogP contribution is -2.53. The summed E-state index contributed by atoms with van der Waals surface area (Å²) < 4.78 is 56.4. The lowest BCUT2D eigenvalue weighted by molar-refractivity contribution is -0.152. The van der Waals surface area contributed by atoms with Crippen molar-refractivity contribution < 1.29 is 56.2 Å². The van der Waals surface area contributed by atoms with Crippen LogP contribution in [0.1, 0.15) is 54.4 Å². The molecule has 0 unspecified atom stereocenters. The number of methoxy groups -OCH3 is 1. The minimum atomic E-state index is -4.49. The van der Waals surface area contributed by atoms with Crippen molar-refractivity contribution in [1.82, 2.24) is 5.32 Å². The van der Waals surface area contributed by atoms with Crippen molar-refractivity contribution in [1.29, 1.82) is 0 Å². The van der Waals surface area contributed by atoms with E-state index in [1.807, 2.05) is 0 Å². The van der Waals surface area contributed by atoms with Gasteiger partial charge in [0.1, 0.15) is 11.3 Å². The molecule has 0 fully saturated rings. The third-order valence-electron chi connectivity index (χ3n) is 4.97. The standard InChI is InChI=1S/C21H25BF3NO9/c1-32-17(28)7-2-3-8-18(29)33-12-34-20(30)14-6-4-5-13-11-15(22(31)35-19(13)14)26-16(27)9-10-21(23,24)25/h4-6,15,31H,2-3,7-12H2,1H3,(H,26,27)/t15-/m0/s1. The molecule has 0 spiro atoms. The minimum absolute atomic E-state index is 0.00403. The van der Waals surface area contributed by atoms with Gasteiger partial charge in [0.2, 0.25) is 12.7 Å². The molecule has 2 rings (SSSR count). The molecule has 1 aliphatic rings. The highest BCUT2D eigenvalue weighted by molar-refractivity contribution is 6.47. The van der Waals surface area contributed by atoms with E-state index in [0.717, 1.165) is 0 Å². The number of carbonyl (C=O) groups excluding carboxylic acids is 4. The van der Waals surface area contributed by atoms with Crippen molar-refractivity contribution in [2.75, 3.05) is 13.9 Å². The summed E-state index contributed by atoms with van der Waals surface area (Å²) in [5.74, 6) is -3.86. The van der Waals surface area contributed by atoms with E-state index in [1.54, 1.807) is 6.07 Å². The Bertz CT molecular complexity index is 926. The van der Waals surface area contributed by atoms with Crippen LogP contribution in [0.3, 0.4) is 0 Å². The van der Waals surface area contributed by atoms with Crippen LogP contribution in [0.15, 0.2) is 18.2 Å². The molecular weight excluding hydrogens is 478 g/mol.